The smallest absolute Gasteiger partial charge is 0.252 e. The standard InChI is InChI=1S/C10H19N3O3/c1-7-3-4-13(9(7)6-14)5-10(16)12-11-8(2)15/h7,9,14H,3-6H2,1-2H3,(H,11,15)(H,12,16). The van der Waals surface area contributed by atoms with Crippen molar-refractivity contribution in [2.45, 2.75) is 26.3 Å². The summed E-state index contributed by atoms with van der Waals surface area (Å²) in [6.45, 7) is 4.46. The first-order valence-corrected chi connectivity index (χ1v) is 5.45. The molecule has 6 nitrogen and oxygen atoms in total. The van der Waals surface area contributed by atoms with Crippen molar-refractivity contribution in [1.29, 1.82) is 0 Å². The Morgan fingerprint density at radius 3 is 2.69 bits per heavy atom. The molecule has 0 bridgehead atoms. The largest absolute Gasteiger partial charge is 0.395 e. The average Bonchev–Trinajstić information content (AvgIpc) is 2.56. The van der Waals surface area contributed by atoms with Crippen molar-refractivity contribution in [2.75, 3.05) is 19.7 Å². The molecule has 2 atom stereocenters. The van der Waals surface area contributed by atoms with Gasteiger partial charge in [0.15, 0.2) is 0 Å². The third kappa shape index (κ3) is 3.46. The second-order valence-electron chi connectivity index (χ2n) is 4.22. The minimum atomic E-state index is -0.304. The maximum absolute atomic E-state index is 11.4. The van der Waals surface area contributed by atoms with E-state index in [2.05, 4.69) is 17.8 Å². The summed E-state index contributed by atoms with van der Waals surface area (Å²) in [6.07, 6.45) is 0.985. The number of aliphatic hydroxyl groups is 1. The molecule has 6 heteroatoms. The van der Waals surface area contributed by atoms with Gasteiger partial charge in [0, 0.05) is 13.0 Å². The van der Waals surface area contributed by atoms with Gasteiger partial charge in [-0.05, 0) is 18.9 Å². The molecule has 92 valence electrons. The Bertz CT molecular complexity index is 270. The van der Waals surface area contributed by atoms with E-state index < -0.39 is 0 Å². The first-order chi connectivity index (χ1) is 7.54. The van der Waals surface area contributed by atoms with Crippen molar-refractivity contribution in [1.82, 2.24) is 15.8 Å². The third-order valence-electron chi connectivity index (χ3n) is 2.91. The van der Waals surface area contributed by atoms with E-state index in [-0.39, 0.29) is 31.0 Å². The Hall–Kier alpha value is -1.14. The van der Waals surface area contributed by atoms with Gasteiger partial charge in [0.25, 0.3) is 5.91 Å². The van der Waals surface area contributed by atoms with Gasteiger partial charge in [0.05, 0.1) is 13.2 Å². The lowest BCUT2D eigenvalue weighted by molar-refractivity contribution is -0.128. The molecular weight excluding hydrogens is 210 g/mol. The molecule has 1 heterocycles. The fourth-order valence-electron chi connectivity index (χ4n) is 1.96. The molecule has 0 aromatic carbocycles. The van der Waals surface area contributed by atoms with Gasteiger partial charge < -0.3 is 5.11 Å². The zero-order valence-corrected chi connectivity index (χ0v) is 9.69. The van der Waals surface area contributed by atoms with Crippen LogP contribution in [-0.4, -0.2) is 47.6 Å². The molecule has 1 rings (SSSR count). The van der Waals surface area contributed by atoms with Crippen molar-refractivity contribution in [3.63, 3.8) is 0 Å². The Kier molecular flexibility index (Phi) is 4.70. The van der Waals surface area contributed by atoms with E-state index in [4.69, 9.17) is 0 Å². The van der Waals surface area contributed by atoms with Gasteiger partial charge >= 0.3 is 0 Å². The second kappa shape index (κ2) is 5.81. The Labute approximate surface area is 95.0 Å². The number of amides is 2. The van der Waals surface area contributed by atoms with E-state index in [1.807, 2.05) is 4.90 Å². The average molecular weight is 229 g/mol. The van der Waals surface area contributed by atoms with Gasteiger partial charge in [-0.2, -0.15) is 0 Å². The predicted octanol–water partition coefficient (Wildman–Crippen LogP) is -1.14. The van der Waals surface area contributed by atoms with Crippen LogP contribution >= 0.6 is 0 Å². The number of hydrazine groups is 1. The zero-order valence-electron chi connectivity index (χ0n) is 9.69. The van der Waals surface area contributed by atoms with E-state index in [9.17, 15) is 14.7 Å². The molecule has 0 spiro atoms. The fourth-order valence-corrected chi connectivity index (χ4v) is 1.96. The summed E-state index contributed by atoms with van der Waals surface area (Å²) in [6, 6.07) is 0.0445. The van der Waals surface area contributed by atoms with Crippen LogP contribution in [0.3, 0.4) is 0 Å². The Balaban J connectivity index is 2.36. The highest BCUT2D eigenvalue weighted by atomic mass is 16.3. The molecule has 0 radical (unpaired) electrons. The summed E-state index contributed by atoms with van der Waals surface area (Å²) in [4.78, 5) is 23.9. The monoisotopic (exact) mass is 229 g/mol. The molecule has 0 aromatic rings. The number of carbonyl (C=O) groups excluding carboxylic acids is 2. The van der Waals surface area contributed by atoms with Gasteiger partial charge in [-0.15, -0.1) is 0 Å². The van der Waals surface area contributed by atoms with Gasteiger partial charge in [-0.25, -0.2) is 0 Å². The highest BCUT2D eigenvalue weighted by molar-refractivity contribution is 5.82. The number of nitrogens with zero attached hydrogens (tertiary/aromatic N) is 1. The Morgan fingerprint density at radius 1 is 1.44 bits per heavy atom. The van der Waals surface area contributed by atoms with Gasteiger partial charge in [0.2, 0.25) is 5.91 Å². The molecule has 0 saturated carbocycles. The first-order valence-electron chi connectivity index (χ1n) is 5.45. The molecule has 1 aliphatic rings. The Morgan fingerprint density at radius 2 is 2.12 bits per heavy atom. The molecule has 2 amide bonds. The number of rotatable bonds is 3. The molecule has 1 aliphatic heterocycles. The van der Waals surface area contributed by atoms with Gasteiger partial charge in [-0.3, -0.25) is 25.3 Å². The topological polar surface area (TPSA) is 81.7 Å². The predicted molar refractivity (Wildman–Crippen MR) is 58.2 cm³/mol. The van der Waals surface area contributed by atoms with Gasteiger partial charge in [0.1, 0.15) is 0 Å². The zero-order chi connectivity index (χ0) is 12.1. The van der Waals surface area contributed by atoms with Gasteiger partial charge in [-0.1, -0.05) is 6.92 Å². The number of aliphatic hydroxyl groups excluding tert-OH is 1. The van der Waals surface area contributed by atoms with E-state index in [1.54, 1.807) is 0 Å². The lowest BCUT2D eigenvalue weighted by Crippen LogP contribution is -2.47. The number of likely N-dealkylation sites (tertiary alicyclic amines) is 1. The van der Waals surface area contributed by atoms with Crippen LogP contribution in [0.2, 0.25) is 0 Å². The third-order valence-corrected chi connectivity index (χ3v) is 2.91. The maximum Gasteiger partial charge on any atom is 0.252 e. The van der Waals surface area contributed by atoms with E-state index in [1.165, 1.54) is 6.92 Å². The minimum Gasteiger partial charge on any atom is -0.395 e. The van der Waals surface area contributed by atoms with Crippen LogP contribution in [0.25, 0.3) is 0 Å². The normalized spacial score (nSPS) is 25.4. The van der Waals surface area contributed by atoms with E-state index >= 15 is 0 Å². The SMILES string of the molecule is CC(=O)NNC(=O)CN1CCC(C)C1CO. The molecule has 1 saturated heterocycles. The molecule has 0 aliphatic carbocycles. The minimum absolute atomic E-state index is 0.0445. The highest BCUT2D eigenvalue weighted by Crippen LogP contribution is 2.22. The fraction of sp³-hybridized carbons (Fsp3) is 0.800. The van der Waals surface area contributed by atoms with Crippen molar-refractivity contribution >= 4 is 11.8 Å². The van der Waals surface area contributed by atoms with Crippen LogP contribution in [0.15, 0.2) is 0 Å². The molecule has 2 unspecified atom stereocenters. The summed E-state index contributed by atoms with van der Waals surface area (Å²) < 4.78 is 0. The van der Waals surface area contributed by atoms with Crippen molar-refractivity contribution in [3.05, 3.63) is 0 Å². The summed E-state index contributed by atoms with van der Waals surface area (Å²) in [7, 11) is 0. The summed E-state index contributed by atoms with van der Waals surface area (Å²) >= 11 is 0. The van der Waals surface area contributed by atoms with Crippen LogP contribution in [0.5, 0.6) is 0 Å². The second-order valence-corrected chi connectivity index (χ2v) is 4.22. The first kappa shape index (κ1) is 12.9. The number of nitrogens with one attached hydrogen (secondary N) is 2. The van der Waals surface area contributed by atoms with E-state index in [0.29, 0.717) is 5.92 Å². The van der Waals surface area contributed by atoms with Crippen molar-refractivity contribution in [3.8, 4) is 0 Å². The van der Waals surface area contributed by atoms with Crippen molar-refractivity contribution < 1.29 is 14.7 Å². The van der Waals surface area contributed by atoms with Crippen LogP contribution in [0, 0.1) is 5.92 Å². The number of hydrogen-bond acceptors (Lipinski definition) is 4. The summed E-state index contributed by atoms with van der Waals surface area (Å²) in [5.41, 5.74) is 4.54. The molecule has 1 fully saturated rings. The van der Waals surface area contributed by atoms with Crippen LogP contribution in [-0.2, 0) is 9.59 Å². The van der Waals surface area contributed by atoms with Crippen LogP contribution < -0.4 is 10.9 Å². The quantitative estimate of drug-likeness (QED) is 0.534. The molecule has 3 N–H and O–H groups in total. The summed E-state index contributed by atoms with van der Waals surface area (Å²) in [5.74, 6) is -0.164. The highest BCUT2D eigenvalue weighted by Gasteiger charge is 2.31. The molecular formula is C10H19N3O3. The lowest BCUT2D eigenvalue weighted by atomic mass is 10.0. The number of hydrogen-bond donors (Lipinski definition) is 3. The molecule has 16 heavy (non-hydrogen) atoms. The van der Waals surface area contributed by atoms with E-state index in [0.717, 1.165) is 13.0 Å². The van der Waals surface area contributed by atoms with Crippen LogP contribution in [0.4, 0.5) is 0 Å². The van der Waals surface area contributed by atoms with Crippen molar-refractivity contribution in [2.24, 2.45) is 5.92 Å². The van der Waals surface area contributed by atoms with Crippen LogP contribution in [0.1, 0.15) is 20.3 Å². The lowest BCUT2D eigenvalue weighted by Gasteiger charge is -2.24. The summed E-state index contributed by atoms with van der Waals surface area (Å²) in [5, 5.41) is 9.19. The number of carbonyl (C=O) groups is 2. The maximum atomic E-state index is 11.4. The molecule has 0 aromatic heterocycles.